The lowest BCUT2D eigenvalue weighted by molar-refractivity contribution is 0.0341. The number of aliphatic hydroxyl groups is 1. The summed E-state index contributed by atoms with van der Waals surface area (Å²) >= 11 is 0. The van der Waals surface area contributed by atoms with Crippen LogP contribution in [0.3, 0.4) is 0 Å². The van der Waals surface area contributed by atoms with Gasteiger partial charge in [-0.1, -0.05) is 26.2 Å². The molecule has 0 spiro atoms. The highest BCUT2D eigenvalue weighted by atomic mass is 16.5. The third-order valence-electron chi connectivity index (χ3n) is 3.17. The molecule has 0 aliphatic heterocycles. The molecule has 2 atom stereocenters. The predicted molar refractivity (Wildman–Crippen MR) is 80.7 cm³/mol. The van der Waals surface area contributed by atoms with Gasteiger partial charge in [0.05, 0.1) is 19.3 Å². The lowest BCUT2D eigenvalue weighted by Crippen LogP contribution is -2.38. The summed E-state index contributed by atoms with van der Waals surface area (Å²) in [5, 5.41) is 17.3. The van der Waals surface area contributed by atoms with Crippen LogP contribution in [0, 0.1) is 0 Å². The van der Waals surface area contributed by atoms with E-state index in [0.717, 1.165) is 19.6 Å². The smallest absolute Gasteiger partial charge is 0.0897 e. The van der Waals surface area contributed by atoms with Crippen LogP contribution < -0.4 is 5.32 Å². The monoisotopic (exact) mass is 283 g/mol. The number of ether oxygens (including phenoxy) is 1. The van der Waals surface area contributed by atoms with Crippen molar-refractivity contribution in [3.05, 3.63) is 18.5 Å². The molecule has 2 N–H and O–H groups in total. The highest BCUT2D eigenvalue weighted by Crippen LogP contribution is 1.99. The SMILES string of the molecule is CCCCCCOCC(O)CNC(C)Cn1cccn1. The molecule has 0 bridgehead atoms. The Labute approximate surface area is 122 Å². The van der Waals surface area contributed by atoms with Crippen molar-refractivity contribution in [3.8, 4) is 0 Å². The quantitative estimate of drug-likeness (QED) is 0.575. The average Bonchev–Trinajstić information content (AvgIpc) is 2.93. The molecule has 116 valence electrons. The van der Waals surface area contributed by atoms with Gasteiger partial charge < -0.3 is 15.2 Å². The van der Waals surface area contributed by atoms with Crippen molar-refractivity contribution in [2.24, 2.45) is 0 Å². The summed E-state index contributed by atoms with van der Waals surface area (Å²) in [5.74, 6) is 0. The summed E-state index contributed by atoms with van der Waals surface area (Å²) in [5.41, 5.74) is 0. The lowest BCUT2D eigenvalue weighted by Gasteiger charge is -2.17. The number of nitrogens with one attached hydrogen (secondary N) is 1. The minimum atomic E-state index is -0.443. The molecule has 0 saturated carbocycles. The van der Waals surface area contributed by atoms with Crippen LogP contribution in [-0.2, 0) is 11.3 Å². The predicted octanol–water partition coefficient (Wildman–Crippen LogP) is 1.82. The summed E-state index contributed by atoms with van der Waals surface area (Å²) in [4.78, 5) is 0. The Balaban J connectivity index is 1.97. The van der Waals surface area contributed by atoms with Gasteiger partial charge in [0, 0.05) is 31.6 Å². The first-order valence-corrected chi connectivity index (χ1v) is 7.69. The van der Waals surface area contributed by atoms with Crippen molar-refractivity contribution in [1.29, 1.82) is 0 Å². The van der Waals surface area contributed by atoms with E-state index in [1.165, 1.54) is 19.3 Å². The van der Waals surface area contributed by atoms with Gasteiger partial charge in [-0.15, -0.1) is 0 Å². The minimum absolute atomic E-state index is 0.272. The van der Waals surface area contributed by atoms with E-state index in [1.807, 2.05) is 16.9 Å². The van der Waals surface area contributed by atoms with E-state index in [-0.39, 0.29) is 6.04 Å². The van der Waals surface area contributed by atoms with Crippen molar-refractivity contribution < 1.29 is 9.84 Å². The largest absolute Gasteiger partial charge is 0.389 e. The molecule has 0 saturated heterocycles. The summed E-state index contributed by atoms with van der Waals surface area (Å²) in [7, 11) is 0. The fraction of sp³-hybridized carbons (Fsp3) is 0.800. The van der Waals surface area contributed by atoms with Crippen LogP contribution in [0.1, 0.15) is 39.5 Å². The van der Waals surface area contributed by atoms with Crippen LogP contribution in [0.5, 0.6) is 0 Å². The van der Waals surface area contributed by atoms with E-state index >= 15 is 0 Å². The van der Waals surface area contributed by atoms with Gasteiger partial charge in [-0.25, -0.2) is 0 Å². The van der Waals surface area contributed by atoms with Crippen molar-refractivity contribution in [2.45, 2.75) is 58.2 Å². The molecular weight excluding hydrogens is 254 g/mol. The molecular formula is C15H29N3O2. The summed E-state index contributed by atoms with van der Waals surface area (Å²) in [6, 6.07) is 2.18. The van der Waals surface area contributed by atoms with Gasteiger partial charge in [-0.2, -0.15) is 5.10 Å². The van der Waals surface area contributed by atoms with E-state index in [9.17, 15) is 5.11 Å². The van der Waals surface area contributed by atoms with Gasteiger partial charge in [-0.05, 0) is 19.4 Å². The highest BCUT2D eigenvalue weighted by molar-refractivity contribution is 4.79. The minimum Gasteiger partial charge on any atom is -0.389 e. The van der Waals surface area contributed by atoms with Crippen LogP contribution in [0.15, 0.2) is 18.5 Å². The molecule has 1 heterocycles. The summed E-state index contributed by atoms with van der Waals surface area (Å²) in [6.07, 6.45) is 8.07. The molecule has 1 aromatic heterocycles. The number of hydrogen-bond acceptors (Lipinski definition) is 4. The molecule has 2 unspecified atom stereocenters. The molecule has 0 aliphatic rings. The number of hydrogen-bond donors (Lipinski definition) is 2. The van der Waals surface area contributed by atoms with Gasteiger partial charge in [0.2, 0.25) is 0 Å². The molecule has 0 radical (unpaired) electrons. The van der Waals surface area contributed by atoms with Crippen LogP contribution in [0.4, 0.5) is 0 Å². The lowest BCUT2D eigenvalue weighted by atomic mass is 10.2. The standard InChI is InChI=1S/C15H29N3O2/c1-3-4-5-6-10-20-13-15(19)11-16-14(2)12-18-9-7-8-17-18/h7-9,14-16,19H,3-6,10-13H2,1-2H3. The van der Waals surface area contributed by atoms with Crippen molar-refractivity contribution in [3.63, 3.8) is 0 Å². The Morgan fingerprint density at radius 3 is 2.90 bits per heavy atom. The fourth-order valence-corrected chi connectivity index (χ4v) is 2.00. The first kappa shape index (κ1) is 17.1. The molecule has 0 aliphatic carbocycles. The topological polar surface area (TPSA) is 59.3 Å². The van der Waals surface area contributed by atoms with Gasteiger partial charge in [0.1, 0.15) is 0 Å². The Morgan fingerprint density at radius 1 is 1.35 bits per heavy atom. The zero-order valence-electron chi connectivity index (χ0n) is 12.8. The number of rotatable bonds is 12. The van der Waals surface area contributed by atoms with E-state index in [1.54, 1.807) is 6.20 Å². The Bertz CT molecular complexity index is 317. The van der Waals surface area contributed by atoms with Crippen molar-refractivity contribution in [2.75, 3.05) is 19.8 Å². The normalized spacial score (nSPS) is 14.3. The molecule has 5 nitrogen and oxygen atoms in total. The third kappa shape index (κ3) is 8.30. The maximum Gasteiger partial charge on any atom is 0.0897 e. The van der Waals surface area contributed by atoms with Crippen LogP contribution >= 0.6 is 0 Å². The van der Waals surface area contributed by atoms with Gasteiger partial charge >= 0.3 is 0 Å². The fourth-order valence-electron chi connectivity index (χ4n) is 2.00. The zero-order valence-corrected chi connectivity index (χ0v) is 12.8. The molecule has 1 rings (SSSR count). The zero-order chi connectivity index (χ0) is 14.6. The van der Waals surface area contributed by atoms with E-state index in [4.69, 9.17) is 4.74 Å². The Kier molecular flexibility index (Phi) is 9.28. The first-order chi connectivity index (χ1) is 9.72. The van der Waals surface area contributed by atoms with Crippen molar-refractivity contribution >= 4 is 0 Å². The number of aliphatic hydroxyl groups excluding tert-OH is 1. The van der Waals surface area contributed by atoms with Crippen molar-refractivity contribution in [1.82, 2.24) is 15.1 Å². The van der Waals surface area contributed by atoms with E-state index < -0.39 is 6.10 Å². The number of aromatic nitrogens is 2. The molecule has 0 amide bonds. The van der Waals surface area contributed by atoms with Gasteiger partial charge in [0.15, 0.2) is 0 Å². The highest BCUT2D eigenvalue weighted by Gasteiger charge is 2.07. The van der Waals surface area contributed by atoms with Crippen LogP contribution in [0.2, 0.25) is 0 Å². The Morgan fingerprint density at radius 2 is 2.20 bits per heavy atom. The Hall–Kier alpha value is -0.910. The number of nitrogens with zero attached hydrogens (tertiary/aromatic N) is 2. The van der Waals surface area contributed by atoms with Gasteiger partial charge in [-0.3, -0.25) is 4.68 Å². The molecule has 0 fully saturated rings. The second-order valence-corrected chi connectivity index (χ2v) is 5.33. The number of unbranched alkanes of at least 4 members (excludes halogenated alkanes) is 3. The van der Waals surface area contributed by atoms with Gasteiger partial charge in [0.25, 0.3) is 0 Å². The molecule has 0 aromatic carbocycles. The maximum absolute atomic E-state index is 9.82. The first-order valence-electron chi connectivity index (χ1n) is 7.69. The maximum atomic E-state index is 9.82. The molecule has 5 heteroatoms. The van der Waals surface area contributed by atoms with E-state index in [2.05, 4.69) is 24.3 Å². The summed E-state index contributed by atoms with van der Waals surface area (Å²) in [6.45, 7) is 6.79. The second-order valence-electron chi connectivity index (χ2n) is 5.33. The average molecular weight is 283 g/mol. The van der Waals surface area contributed by atoms with Crippen LogP contribution in [-0.4, -0.2) is 46.8 Å². The third-order valence-corrected chi connectivity index (χ3v) is 3.17. The van der Waals surface area contributed by atoms with Crippen LogP contribution in [0.25, 0.3) is 0 Å². The second kappa shape index (κ2) is 10.8. The molecule has 20 heavy (non-hydrogen) atoms. The molecule has 1 aromatic rings. The van der Waals surface area contributed by atoms with E-state index in [0.29, 0.717) is 13.2 Å². The summed E-state index contributed by atoms with van der Waals surface area (Å²) < 4.78 is 7.36.